The molecule has 0 spiro atoms. The predicted octanol–water partition coefficient (Wildman–Crippen LogP) is 2.84. The maximum atomic E-state index is 9.21. The monoisotopic (exact) mass is 446 g/mol. The molecule has 2 unspecified atom stereocenters. The maximum Gasteiger partial charge on any atom is 0.173 e. The molecule has 0 aromatic heterocycles. The van der Waals surface area contributed by atoms with Crippen LogP contribution in [-0.2, 0) is 13.6 Å². The minimum Gasteiger partial charge on any atom is -0.455 e. The Labute approximate surface area is 176 Å². The number of aliphatic hydroxyl groups is 4. The van der Waals surface area contributed by atoms with Crippen LogP contribution in [0.4, 0.5) is 0 Å². The van der Waals surface area contributed by atoms with E-state index in [0.29, 0.717) is 13.2 Å². The van der Waals surface area contributed by atoms with Gasteiger partial charge in [-0.2, -0.15) is 0 Å². The largest absolute Gasteiger partial charge is 0.455 e. The lowest BCUT2D eigenvalue weighted by Crippen LogP contribution is -2.44. The van der Waals surface area contributed by atoms with Crippen LogP contribution in [0.5, 0.6) is 0 Å². The average Bonchev–Trinajstić information content (AvgIpc) is 2.52. The zero-order valence-corrected chi connectivity index (χ0v) is 18.2. The normalized spacial score (nSPS) is 13.7. The molecule has 2 atom stereocenters. The van der Waals surface area contributed by atoms with Crippen LogP contribution in [0, 0.1) is 0 Å². The summed E-state index contributed by atoms with van der Waals surface area (Å²) in [4.78, 5) is 0. The summed E-state index contributed by atoms with van der Waals surface area (Å²) in [5.74, 6) is 0. The van der Waals surface area contributed by atoms with Gasteiger partial charge >= 0.3 is 0 Å². The van der Waals surface area contributed by atoms with Crippen LogP contribution in [0.3, 0.4) is 0 Å². The number of hydrogen-bond donors (Lipinski definition) is 4. The molecule has 176 valence electrons. The summed E-state index contributed by atoms with van der Waals surface area (Å²) in [5, 5.41) is 35.9. The first-order valence-corrected chi connectivity index (χ1v) is 15.3. The van der Waals surface area contributed by atoms with Crippen molar-refractivity contribution in [1.29, 1.82) is 0 Å². The minimum atomic E-state index is -1.76. The fraction of sp³-hybridized carbons (Fsp3) is 1.00. The highest BCUT2D eigenvalue weighted by molar-refractivity contribution is 6.84. The molecule has 0 amide bonds. The lowest BCUT2D eigenvalue weighted by molar-refractivity contribution is 0.00627. The third kappa shape index (κ3) is 20.9. The van der Waals surface area contributed by atoms with Crippen LogP contribution in [-0.4, -0.2) is 88.9 Å². The van der Waals surface area contributed by atoms with Gasteiger partial charge in [0.15, 0.2) is 16.6 Å². The number of hydrogen-bond acceptors (Lipinski definition) is 7. The Morgan fingerprint density at radius 2 is 1.00 bits per heavy atom. The van der Waals surface area contributed by atoms with Crippen molar-refractivity contribution in [2.24, 2.45) is 0 Å². The third-order valence-electron chi connectivity index (χ3n) is 3.73. The summed E-state index contributed by atoms with van der Waals surface area (Å²) < 4.78 is 17.2. The first-order valence-electron chi connectivity index (χ1n) is 9.05. The molecule has 0 radical (unpaired) electrons. The second-order valence-electron chi connectivity index (χ2n) is 7.65. The van der Waals surface area contributed by atoms with E-state index in [1.807, 2.05) is 0 Å². The second-order valence-corrected chi connectivity index (χ2v) is 16.5. The van der Waals surface area contributed by atoms with Gasteiger partial charge in [-0.25, -0.2) is 0 Å². The third-order valence-corrected chi connectivity index (χ3v) is 11.3. The Morgan fingerprint density at radius 1 is 0.679 bits per heavy atom. The molecule has 0 heterocycles. The molecule has 28 heavy (non-hydrogen) atoms. The van der Waals surface area contributed by atoms with E-state index in [9.17, 15) is 10.2 Å². The standard InChI is InChI=1S/C16H38O7Si2.3CH4/c1-24(2,9-5-7-21-13-15(19)11-17)23-25(3,4)10-6-8-22-14-16(20)12-18;;;/h15-20H,5-14H2,1-4H3;3*1H4. The quantitative estimate of drug-likeness (QED) is 0.213. The lowest BCUT2D eigenvalue weighted by atomic mass is 10.4. The molecule has 0 aliphatic rings. The van der Waals surface area contributed by atoms with Crippen LogP contribution in [0.1, 0.15) is 35.1 Å². The Morgan fingerprint density at radius 3 is 1.29 bits per heavy atom. The maximum absolute atomic E-state index is 9.21. The first kappa shape index (κ1) is 35.6. The summed E-state index contributed by atoms with van der Waals surface area (Å²) in [7, 11) is -3.52. The topological polar surface area (TPSA) is 109 Å². The molecular formula is C19H50O7Si2. The van der Waals surface area contributed by atoms with Crippen molar-refractivity contribution < 1.29 is 34.0 Å². The van der Waals surface area contributed by atoms with Gasteiger partial charge in [-0.1, -0.05) is 22.3 Å². The van der Waals surface area contributed by atoms with Crippen molar-refractivity contribution in [3.05, 3.63) is 0 Å². The van der Waals surface area contributed by atoms with E-state index in [1.165, 1.54) is 0 Å². The van der Waals surface area contributed by atoms with Gasteiger partial charge < -0.3 is 34.0 Å². The molecule has 0 saturated carbocycles. The van der Waals surface area contributed by atoms with Crippen molar-refractivity contribution in [2.75, 3.05) is 39.6 Å². The summed E-state index contributed by atoms with van der Waals surface area (Å²) >= 11 is 0. The summed E-state index contributed by atoms with van der Waals surface area (Å²) in [6.07, 6.45) is 0.190. The van der Waals surface area contributed by atoms with Crippen molar-refractivity contribution in [3.8, 4) is 0 Å². The van der Waals surface area contributed by atoms with E-state index in [2.05, 4.69) is 26.2 Å². The first-order chi connectivity index (χ1) is 11.6. The summed E-state index contributed by atoms with van der Waals surface area (Å²) in [6, 6.07) is 2.00. The van der Waals surface area contributed by atoms with Crippen LogP contribution < -0.4 is 0 Å². The highest BCUT2D eigenvalue weighted by atomic mass is 28.4. The predicted molar refractivity (Wildman–Crippen MR) is 123 cm³/mol. The zero-order valence-electron chi connectivity index (χ0n) is 16.2. The SMILES string of the molecule is C.C.C.C[Si](C)(CCCOCC(O)CO)O[Si](C)(C)CCCOCC(O)CO. The van der Waals surface area contributed by atoms with Gasteiger partial charge in [0.1, 0.15) is 12.2 Å². The summed E-state index contributed by atoms with van der Waals surface area (Å²) in [5.41, 5.74) is 0. The van der Waals surface area contributed by atoms with Crippen LogP contribution in [0.2, 0.25) is 38.3 Å². The number of ether oxygens (including phenoxy) is 2. The molecule has 0 fully saturated rings. The molecule has 0 aliphatic heterocycles. The molecular weight excluding hydrogens is 396 g/mol. The molecule has 0 aliphatic carbocycles. The van der Waals surface area contributed by atoms with Gasteiger partial charge in [-0.05, 0) is 51.1 Å². The number of aliphatic hydroxyl groups excluding tert-OH is 4. The van der Waals surface area contributed by atoms with E-state index in [4.69, 9.17) is 23.8 Å². The molecule has 9 heteroatoms. The van der Waals surface area contributed by atoms with Crippen molar-refractivity contribution in [2.45, 2.75) is 85.6 Å². The van der Waals surface area contributed by atoms with E-state index in [0.717, 1.165) is 24.9 Å². The van der Waals surface area contributed by atoms with Gasteiger partial charge in [0.25, 0.3) is 0 Å². The van der Waals surface area contributed by atoms with Crippen molar-refractivity contribution >= 4 is 16.6 Å². The Balaban J connectivity index is -0.000000960. The Hall–Kier alpha value is 0.154. The van der Waals surface area contributed by atoms with E-state index in [-0.39, 0.29) is 48.7 Å². The van der Waals surface area contributed by atoms with E-state index < -0.39 is 28.8 Å². The Bertz CT molecular complexity index is 301. The highest BCUT2D eigenvalue weighted by Gasteiger charge is 2.32. The van der Waals surface area contributed by atoms with Gasteiger partial charge in [0.05, 0.1) is 26.4 Å². The molecule has 0 rings (SSSR count). The van der Waals surface area contributed by atoms with E-state index >= 15 is 0 Å². The molecule has 4 N–H and O–H groups in total. The Kier molecular flexibility index (Phi) is 24.3. The fourth-order valence-electron chi connectivity index (χ4n) is 2.59. The van der Waals surface area contributed by atoms with Crippen molar-refractivity contribution in [1.82, 2.24) is 0 Å². The number of rotatable bonds is 16. The van der Waals surface area contributed by atoms with Gasteiger partial charge in [0, 0.05) is 13.2 Å². The lowest BCUT2D eigenvalue weighted by Gasteiger charge is -2.34. The van der Waals surface area contributed by atoms with Crippen LogP contribution in [0.25, 0.3) is 0 Å². The van der Waals surface area contributed by atoms with Gasteiger partial charge in [-0.3, -0.25) is 0 Å². The molecule has 0 saturated heterocycles. The van der Waals surface area contributed by atoms with Crippen LogP contribution >= 0.6 is 0 Å². The minimum absolute atomic E-state index is 0. The molecule has 7 nitrogen and oxygen atoms in total. The molecule has 0 bridgehead atoms. The smallest absolute Gasteiger partial charge is 0.173 e. The van der Waals surface area contributed by atoms with Gasteiger partial charge in [-0.15, -0.1) is 0 Å². The average molecular weight is 447 g/mol. The zero-order chi connectivity index (χ0) is 19.3. The van der Waals surface area contributed by atoms with Crippen LogP contribution in [0.15, 0.2) is 0 Å². The second kappa shape index (κ2) is 19.1. The van der Waals surface area contributed by atoms with Gasteiger partial charge in [0.2, 0.25) is 0 Å². The fourth-order valence-corrected chi connectivity index (χ4v) is 11.4. The molecule has 0 aromatic carbocycles. The van der Waals surface area contributed by atoms with E-state index in [1.54, 1.807) is 0 Å². The van der Waals surface area contributed by atoms with Crippen molar-refractivity contribution in [3.63, 3.8) is 0 Å². The summed E-state index contributed by atoms with van der Waals surface area (Å²) in [6.45, 7) is 9.82. The molecule has 0 aromatic rings. The highest BCUT2D eigenvalue weighted by Crippen LogP contribution is 2.23.